The molecule has 6 heteroatoms. The molecule has 0 saturated heterocycles. The van der Waals surface area contributed by atoms with Gasteiger partial charge >= 0.3 is 0 Å². The van der Waals surface area contributed by atoms with Crippen molar-refractivity contribution in [3.63, 3.8) is 0 Å². The second-order valence-electron chi connectivity index (χ2n) is 6.48. The summed E-state index contributed by atoms with van der Waals surface area (Å²) >= 11 is 0. The van der Waals surface area contributed by atoms with Gasteiger partial charge in [0.05, 0.1) is 5.69 Å². The van der Waals surface area contributed by atoms with Gasteiger partial charge in [-0.25, -0.2) is 13.4 Å². The van der Waals surface area contributed by atoms with Crippen molar-refractivity contribution >= 4 is 16.2 Å². The zero-order valence-electron chi connectivity index (χ0n) is 14.7. The van der Waals surface area contributed by atoms with Crippen LogP contribution in [0, 0.1) is 5.41 Å². The number of sulfonamides is 1. The van der Waals surface area contributed by atoms with Crippen LogP contribution in [0.1, 0.15) is 16.7 Å². The summed E-state index contributed by atoms with van der Waals surface area (Å²) < 4.78 is 27.7. The molecular formula is C21H19N3O2S. The molecule has 0 saturated carbocycles. The molecule has 0 radical (unpaired) electrons. The summed E-state index contributed by atoms with van der Waals surface area (Å²) in [6, 6.07) is 20.3. The number of nitrogens with zero attached hydrogens (tertiary/aromatic N) is 2. The van der Waals surface area contributed by atoms with E-state index in [-0.39, 0.29) is 5.03 Å². The highest BCUT2D eigenvalue weighted by Crippen LogP contribution is 2.25. The molecule has 0 bridgehead atoms. The standard InChI is InChI=1S/C21H19N3O2S/c22-14-16-8-10-18(11-9-16)20-6-3-7-21(23-20)27(25,26)24-13-12-17-4-1-2-5-19(17)15-24/h1-11,14,22H,12-13,15H2. The average molecular weight is 377 g/mol. The van der Waals surface area contributed by atoms with Crippen LogP contribution in [0.2, 0.25) is 0 Å². The van der Waals surface area contributed by atoms with Gasteiger partial charge in [0, 0.05) is 24.9 Å². The van der Waals surface area contributed by atoms with Gasteiger partial charge in [-0.1, -0.05) is 54.6 Å². The lowest BCUT2D eigenvalue weighted by molar-refractivity contribution is 0.389. The number of rotatable bonds is 4. The van der Waals surface area contributed by atoms with Crippen molar-refractivity contribution in [2.75, 3.05) is 6.54 Å². The highest BCUT2D eigenvalue weighted by Gasteiger charge is 2.29. The largest absolute Gasteiger partial charge is 0.308 e. The van der Waals surface area contributed by atoms with Crippen molar-refractivity contribution in [3.8, 4) is 11.3 Å². The molecule has 136 valence electrons. The van der Waals surface area contributed by atoms with Crippen LogP contribution in [0.25, 0.3) is 11.3 Å². The maximum Gasteiger partial charge on any atom is 0.260 e. The van der Waals surface area contributed by atoms with E-state index >= 15 is 0 Å². The molecule has 0 fully saturated rings. The fourth-order valence-corrected chi connectivity index (χ4v) is 4.65. The zero-order chi connectivity index (χ0) is 18.9. The molecule has 0 unspecified atom stereocenters. The van der Waals surface area contributed by atoms with Crippen LogP contribution < -0.4 is 0 Å². The van der Waals surface area contributed by atoms with Gasteiger partial charge < -0.3 is 5.41 Å². The molecule has 1 aromatic heterocycles. The molecule has 0 aliphatic carbocycles. The van der Waals surface area contributed by atoms with E-state index in [0.29, 0.717) is 25.2 Å². The third-order valence-corrected chi connectivity index (χ3v) is 6.54. The first-order chi connectivity index (χ1) is 13.1. The van der Waals surface area contributed by atoms with Crippen LogP contribution >= 0.6 is 0 Å². The van der Waals surface area contributed by atoms with Crippen LogP contribution in [0.15, 0.2) is 71.8 Å². The molecule has 27 heavy (non-hydrogen) atoms. The van der Waals surface area contributed by atoms with E-state index in [0.717, 1.165) is 16.7 Å². The predicted octanol–water partition coefficient (Wildman–Crippen LogP) is 3.49. The molecule has 1 aliphatic heterocycles. The van der Waals surface area contributed by atoms with Crippen LogP contribution in [0.4, 0.5) is 0 Å². The Bertz CT molecular complexity index is 1090. The Labute approximate surface area is 158 Å². The molecule has 3 aromatic rings. The minimum absolute atomic E-state index is 0.0653. The minimum Gasteiger partial charge on any atom is -0.308 e. The number of nitrogens with one attached hydrogen (secondary N) is 1. The topological polar surface area (TPSA) is 74.1 Å². The maximum absolute atomic E-state index is 13.1. The van der Waals surface area contributed by atoms with E-state index < -0.39 is 10.0 Å². The van der Waals surface area contributed by atoms with Crippen molar-refractivity contribution < 1.29 is 8.42 Å². The molecular weight excluding hydrogens is 358 g/mol. The van der Waals surface area contributed by atoms with Crippen molar-refractivity contribution in [3.05, 3.63) is 83.4 Å². The van der Waals surface area contributed by atoms with Gasteiger partial charge in [-0.3, -0.25) is 0 Å². The number of pyridine rings is 1. The molecule has 1 N–H and O–H groups in total. The number of fused-ring (bicyclic) bond motifs is 1. The van der Waals surface area contributed by atoms with Crippen molar-refractivity contribution in [1.29, 1.82) is 5.41 Å². The Morgan fingerprint density at radius 1 is 0.926 bits per heavy atom. The smallest absolute Gasteiger partial charge is 0.260 e. The van der Waals surface area contributed by atoms with E-state index in [1.807, 2.05) is 42.5 Å². The first-order valence-corrected chi connectivity index (χ1v) is 10.2. The second kappa shape index (κ2) is 7.06. The Morgan fingerprint density at radius 3 is 2.41 bits per heavy atom. The predicted molar refractivity (Wildman–Crippen MR) is 105 cm³/mol. The van der Waals surface area contributed by atoms with Gasteiger partial charge in [0.2, 0.25) is 0 Å². The number of aromatic nitrogens is 1. The highest BCUT2D eigenvalue weighted by atomic mass is 32.2. The van der Waals surface area contributed by atoms with Gasteiger partial charge in [0.25, 0.3) is 10.0 Å². The summed E-state index contributed by atoms with van der Waals surface area (Å²) in [4.78, 5) is 4.41. The fraction of sp³-hybridized carbons (Fsp3) is 0.143. The third kappa shape index (κ3) is 3.41. The maximum atomic E-state index is 13.1. The summed E-state index contributed by atoms with van der Waals surface area (Å²) in [5.41, 5.74) is 4.46. The normalized spacial score (nSPS) is 14.5. The number of benzene rings is 2. The van der Waals surface area contributed by atoms with E-state index in [2.05, 4.69) is 11.1 Å². The van der Waals surface area contributed by atoms with Crippen LogP contribution in [-0.2, 0) is 23.0 Å². The van der Waals surface area contributed by atoms with Crippen LogP contribution in [0.5, 0.6) is 0 Å². The summed E-state index contributed by atoms with van der Waals surface area (Å²) in [5.74, 6) is 0. The summed E-state index contributed by atoms with van der Waals surface area (Å²) in [5, 5.41) is 7.34. The third-order valence-electron chi connectivity index (χ3n) is 4.80. The number of hydrogen-bond donors (Lipinski definition) is 1. The average Bonchev–Trinajstić information content (AvgIpc) is 2.73. The first-order valence-electron chi connectivity index (χ1n) is 8.73. The summed E-state index contributed by atoms with van der Waals surface area (Å²) in [6.45, 7) is 0.831. The van der Waals surface area contributed by atoms with Gasteiger partial charge in [-0.15, -0.1) is 0 Å². The molecule has 0 amide bonds. The van der Waals surface area contributed by atoms with Gasteiger partial charge in [-0.2, -0.15) is 4.31 Å². The molecule has 1 aliphatic rings. The highest BCUT2D eigenvalue weighted by molar-refractivity contribution is 7.89. The fourth-order valence-electron chi connectivity index (χ4n) is 3.28. The van der Waals surface area contributed by atoms with E-state index in [1.54, 1.807) is 18.2 Å². The lowest BCUT2D eigenvalue weighted by Crippen LogP contribution is -2.36. The van der Waals surface area contributed by atoms with Crippen LogP contribution in [0.3, 0.4) is 0 Å². The second-order valence-corrected chi connectivity index (χ2v) is 8.37. The molecule has 2 heterocycles. The molecule has 2 aromatic carbocycles. The summed E-state index contributed by atoms with van der Waals surface area (Å²) in [6.07, 6.45) is 1.98. The minimum atomic E-state index is -3.66. The SMILES string of the molecule is N=Cc1ccc(-c2cccc(S(=O)(=O)N3CCc4ccccc4C3)n2)cc1. The Morgan fingerprint density at radius 2 is 1.67 bits per heavy atom. The Balaban J connectivity index is 1.65. The lowest BCUT2D eigenvalue weighted by Gasteiger charge is -2.27. The quantitative estimate of drug-likeness (QED) is 0.707. The molecule has 5 nitrogen and oxygen atoms in total. The monoisotopic (exact) mass is 377 g/mol. The Kier molecular flexibility index (Phi) is 4.59. The summed E-state index contributed by atoms with van der Waals surface area (Å²) in [7, 11) is -3.66. The lowest BCUT2D eigenvalue weighted by atomic mass is 10.0. The molecule has 4 rings (SSSR count). The van der Waals surface area contributed by atoms with Crippen molar-refractivity contribution in [1.82, 2.24) is 9.29 Å². The molecule has 0 spiro atoms. The van der Waals surface area contributed by atoms with E-state index in [4.69, 9.17) is 5.41 Å². The van der Waals surface area contributed by atoms with Crippen molar-refractivity contribution in [2.45, 2.75) is 18.0 Å². The van der Waals surface area contributed by atoms with E-state index in [1.165, 1.54) is 16.1 Å². The van der Waals surface area contributed by atoms with Crippen LogP contribution in [-0.4, -0.2) is 30.5 Å². The molecule has 0 atom stereocenters. The number of hydrogen-bond acceptors (Lipinski definition) is 4. The van der Waals surface area contributed by atoms with Gasteiger partial charge in [0.15, 0.2) is 5.03 Å². The van der Waals surface area contributed by atoms with E-state index in [9.17, 15) is 8.42 Å². The first kappa shape index (κ1) is 17.6. The Hall–Kier alpha value is -2.83. The zero-order valence-corrected chi connectivity index (χ0v) is 15.5. The van der Waals surface area contributed by atoms with Gasteiger partial charge in [-0.05, 0) is 35.2 Å². The van der Waals surface area contributed by atoms with Gasteiger partial charge in [0.1, 0.15) is 0 Å². The van der Waals surface area contributed by atoms with Crippen molar-refractivity contribution in [2.24, 2.45) is 0 Å².